The Hall–Kier alpha value is -1.99. The Balaban J connectivity index is 1.50. The molecule has 1 N–H and O–H groups in total. The van der Waals surface area contributed by atoms with Crippen molar-refractivity contribution in [2.45, 2.75) is 25.3 Å². The third-order valence-electron chi connectivity index (χ3n) is 5.79. The number of benzene rings is 1. The maximum Gasteiger partial charge on any atom is 0.134 e. The molecule has 1 aromatic carbocycles. The van der Waals surface area contributed by atoms with Crippen LogP contribution in [-0.4, -0.2) is 66.2 Å². The molecule has 0 saturated carbocycles. The quantitative estimate of drug-likeness (QED) is 0.743. The number of hydrogen-bond donors (Lipinski definition) is 1. The van der Waals surface area contributed by atoms with Gasteiger partial charge in [0.25, 0.3) is 0 Å². The Labute approximate surface area is 178 Å². The van der Waals surface area contributed by atoms with E-state index < -0.39 is 0 Å². The SMILES string of the molecule is COc1ccccc1C(CNc1cc(N2CCSCC2)ncn1)N1CCCCC1. The second kappa shape index (κ2) is 10.2. The number of piperidine rings is 1. The van der Waals surface area contributed by atoms with Crippen LogP contribution in [0.3, 0.4) is 0 Å². The monoisotopic (exact) mass is 413 g/mol. The Bertz CT molecular complexity index is 777. The number of aromatic nitrogens is 2. The molecule has 2 fully saturated rings. The number of nitrogens with one attached hydrogen (secondary N) is 1. The third kappa shape index (κ3) is 5.14. The van der Waals surface area contributed by atoms with Crippen LogP contribution in [0.4, 0.5) is 11.6 Å². The topological polar surface area (TPSA) is 53.5 Å². The third-order valence-corrected chi connectivity index (χ3v) is 6.74. The standard InChI is InChI=1S/C22H31N5OS/c1-28-20-8-4-3-7-18(20)19(26-9-5-2-6-10-26)16-23-21-15-22(25-17-24-21)27-11-13-29-14-12-27/h3-4,7-8,15,17,19H,2,5-6,9-14,16H2,1H3,(H,23,24,25). The summed E-state index contributed by atoms with van der Waals surface area (Å²) in [6.45, 7) is 5.17. The Morgan fingerprint density at radius 3 is 2.66 bits per heavy atom. The normalized spacial score (nSPS) is 19.0. The summed E-state index contributed by atoms with van der Waals surface area (Å²) < 4.78 is 5.68. The number of anilines is 2. The Kier molecular flexibility index (Phi) is 7.11. The molecule has 2 aliphatic rings. The summed E-state index contributed by atoms with van der Waals surface area (Å²) in [5.41, 5.74) is 1.24. The minimum absolute atomic E-state index is 0.260. The van der Waals surface area contributed by atoms with Crippen molar-refractivity contribution >= 4 is 23.4 Å². The van der Waals surface area contributed by atoms with E-state index in [-0.39, 0.29) is 6.04 Å². The lowest BCUT2D eigenvalue weighted by atomic mass is 10.0. The van der Waals surface area contributed by atoms with Crippen molar-refractivity contribution in [1.29, 1.82) is 0 Å². The van der Waals surface area contributed by atoms with Gasteiger partial charge in [0.2, 0.25) is 0 Å². The lowest BCUT2D eigenvalue weighted by Gasteiger charge is -2.35. The number of methoxy groups -OCH3 is 1. The van der Waals surface area contributed by atoms with Crippen molar-refractivity contribution < 1.29 is 4.74 Å². The predicted molar refractivity (Wildman–Crippen MR) is 121 cm³/mol. The molecule has 0 radical (unpaired) electrons. The van der Waals surface area contributed by atoms with Crippen LogP contribution < -0.4 is 15.0 Å². The second-order valence-corrected chi connectivity index (χ2v) is 8.82. The summed E-state index contributed by atoms with van der Waals surface area (Å²) >= 11 is 2.01. The molecule has 1 aromatic heterocycles. The molecule has 2 aromatic rings. The van der Waals surface area contributed by atoms with Crippen LogP contribution >= 0.6 is 11.8 Å². The van der Waals surface area contributed by atoms with Gasteiger partial charge in [0.15, 0.2) is 0 Å². The van der Waals surface area contributed by atoms with Gasteiger partial charge in [-0.2, -0.15) is 11.8 Å². The fourth-order valence-corrected chi connectivity index (χ4v) is 5.12. The fraction of sp³-hybridized carbons (Fsp3) is 0.545. The Morgan fingerprint density at radius 1 is 1.07 bits per heavy atom. The molecule has 2 saturated heterocycles. The van der Waals surface area contributed by atoms with Gasteiger partial charge in [0.1, 0.15) is 23.7 Å². The molecule has 0 spiro atoms. The maximum atomic E-state index is 5.68. The average Bonchev–Trinajstić information content (AvgIpc) is 2.81. The molecule has 3 heterocycles. The number of hydrogen-bond acceptors (Lipinski definition) is 7. The van der Waals surface area contributed by atoms with Gasteiger partial charge in [-0.25, -0.2) is 9.97 Å². The summed E-state index contributed by atoms with van der Waals surface area (Å²) in [5, 5.41) is 3.59. The van der Waals surface area contributed by atoms with E-state index in [2.05, 4.69) is 49.4 Å². The van der Waals surface area contributed by atoms with Crippen LogP contribution in [0.5, 0.6) is 5.75 Å². The first-order valence-electron chi connectivity index (χ1n) is 10.6. The van der Waals surface area contributed by atoms with Gasteiger partial charge in [-0.3, -0.25) is 4.90 Å². The molecule has 1 atom stereocenters. The van der Waals surface area contributed by atoms with Crippen molar-refractivity contribution in [3.05, 3.63) is 42.2 Å². The fourth-order valence-electron chi connectivity index (χ4n) is 4.22. The van der Waals surface area contributed by atoms with Gasteiger partial charge < -0.3 is 15.0 Å². The van der Waals surface area contributed by atoms with E-state index in [4.69, 9.17) is 4.74 Å². The maximum absolute atomic E-state index is 5.68. The van der Waals surface area contributed by atoms with Gasteiger partial charge in [-0.05, 0) is 32.0 Å². The second-order valence-electron chi connectivity index (χ2n) is 7.60. The first-order valence-corrected chi connectivity index (χ1v) is 11.8. The van der Waals surface area contributed by atoms with Crippen molar-refractivity contribution in [3.8, 4) is 5.75 Å². The molecule has 29 heavy (non-hydrogen) atoms. The molecule has 7 heteroatoms. The molecule has 1 unspecified atom stereocenters. The van der Waals surface area contributed by atoms with Gasteiger partial charge in [0, 0.05) is 42.8 Å². The lowest BCUT2D eigenvalue weighted by molar-refractivity contribution is 0.167. The zero-order valence-corrected chi connectivity index (χ0v) is 18.0. The highest BCUT2D eigenvalue weighted by atomic mass is 32.2. The van der Waals surface area contributed by atoms with Crippen molar-refractivity contribution in [1.82, 2.24) is 14.9 Å². The van der Waals surface area contributed by atoms with Crippen molar-refractivity contribution in [2.24, 2.45) is 0 Å². The minimum Gasteiger partial charge on any atom is -0.496 e. The van der Waals surface area contributed by atoms with Gasteiger partial charge in [-0.1, -0.05) is 24.6 Å². The van der Waals surface area contributed by atoms with Gasteiger partial charge in [-0.15, -0.1) is 0 Å². The molecule has 4 rings (SSSR count). The highest BCUT2D eigenvalue weighted by Crippen LogP contribution is 2.31. The zero-order chi connectivity index (χ0) is 19.9. The summed E-state index contributed by atoms with van der Waals surface area (Å²) in [7, 11) is 1.76. The van der Waals surface area contributed by atoms with E-state index in [0.29, 0.717) is 0 Å². The highest BCUT2D eigenvalue weighted by molar-refractivity contribution is 7.99. The first-order chi connectivity index (χ1) is 14.3. The van der Waals surface area contributed by atoms with Crippen LogP contribution in [0.25, 0.3) is 0 Å². The minimum atomic E-state index is 0.260. The largest absolute Gasteiger partial charge is 0.496 e. The summed E-state index contributed by atoms with van der Waals surface area (Å²) in [6, 6.07) is 10.7. The van der Waals surface area contributed by atoms with E-state index in [1.165, 1.54) is 24.8 Å². The first kappa shape index (κ1) is 20.3. The molecular formula is C22H31N5OS. The van der Waals surface area contributed by atoms with Gasteiger partial charge in [0.05, 0.1) is 13.2 Å². The Morgan fingerprint density at radius 2 is 1.86 bits per heavy atom. The van der Waals surface area contributed by atoms with Crippen LogP contribution in [0, 0.1) is 0 Å². The van der Waals surface area contributed by atoms with Crippen LogP contribution in [0.2, 0.25) is 0 Å². The van der Waals surface area contributed by atoms with Crippen LogP contribution in [0.1, 0.15) is 30.9 Å². The number of nitrogens with zero attached hydrogens (tertiary/aromatic N) is 4. The number of ether oxygens (including phenoxy) is 1. The van der Waals surface area contributed by atoms with E-state index in [0.717, 1.165) is 61.6 Å². The van der Waals surface area contributed by atoms with Crippen LogP contribution in [0.15, 0.2) is 36.7 Å². The molecule has 0 amide bonds. The van der Waals surface area contributed by atoms with Crippen LogP contribution in [-0.2, 0) is 0 Å². The van der Waals surface area contributed by atoms with Gasteiger partial charge >= 0.3 is 0 Å². The summed E-state index contributed by atoms with van der Waals surface area (Å²) in [6.07, 6.45) is 5.52. The van der Waals surface area contributed by atoms with E-state index in [1.807, 2.05) is 17.8 Å². The number of thioether (sulfide) groups is 1. The number of para-hydroxylation sites is 1. The summed E-state index contributed by atoms with van der Waals surface area (Å²) in [4.78, 5) is 13.9. The smallest absolute Gasteiger partial charge is 0.134 e. The molecule has 156 valence electrons. The molecule has 0 bridgehead atoms. The number of rotatable bonds is 7. The number of likely N-dealkylation sites (tertiary alicyclic amines) is 1. The molecule has 0 aliphatic carbocycles. The zero-order valence-electron chi connectivity index (χ0n) is 17.2. The highest BCUT2D eigenvalue weighted by Gasteiger charge is 2.25. The van der Waals surface area contributed by atoms with Crippen molar-refractivity contribution in [2.75, 3.05) is 61.6 Å². The molecular weight excluding hydrogens is 382 g/mol. The summed E-state index contributed by atoms with van der Waals surface area (Å²) in [5.74, 6) is 5.20. The van der Waals surface area contributed by atoms with E-state index >= 15 is 0 Å². The molecule has 2 aliphatic heterocycles. The van der Waals surface area contributed by atoms with E-state index in [1.54, 1.807) is 13.4 Å². The van der Waals surface area contributed by atoms with Crippen molar-refractivity contribution in [3.63, 3.8) is 0 Å². The average molecular weight is 414 g/mol. The lowest BCUT2D eigenvalue weighted by Crippen LogP contribution is -2.37. The predicted octanol–water partition coefficient (Wildman–Crippen LogP) is 3.68. The molecule has 6 nitrogen and oxygen atoms in total. The van der Waals surface area contributed by atoms with E-state index in [9.17, 15) is 0 Å².